The summed E-state index contributed by atoms with van der Waals surface area (Å²) in [4.78, 5) is 12.2. The van der Waals surface area contributed by atoms with E-state index < -0.39 is 24.3 Å². The highest BCUT2D eigenvalue weighted by molar-refractivity contribution is 6.62. The molecule has 1 aliphatic rings. The van der Waals surface area contributed by atoms with Gasteiger partial charge in [0.05, 0.1) is 30.0 Å². The Bertz CT molecular complexity index is 957. The van der Waals surface area contributed by atoms with Crippen LogP contribution in [0.5, 0.6) is 5.75 Å². The molecule has 0 aromatic heterocycles. The molecule has 2 aromatic carbocycles. The van der Waals surface area contributed by atoms with Crippen molar-refractivity contribution in [2.24, 2.45) is 0 Å². The Morgan fingerprint density at radius 2 is 1.58 bits per heavy atom. The van der Waals surface area contributed by atoms with Crippen LogP contribution < -0.4 is 10.2 Å². The van der Waals surface area contributed by atoms with Gasteiger partial charge in [-0.15, -0.1) is 0 Å². The van der Waals surface area contributed by atoms with Crippen molar-refractivity contribution in [2.45, 2.75) is 58.7 Å². The molecule has 7 nitrogen and oxygen atoms in total. The van der Waals surface area contributed by atoms with Gasteiger partial charge in [-0.05, 0) is 50.9 Å². The second-order valence-electron chi connectivity index (χ2n) is 8.95. The van der Waals surface area contributed by atoms with Crippen molar-refractivity contribution in [3.63, 3.8) is 0 Å². The maximum atomic E-state index is 12.2. The van der Waals surface area contributed by atoms with Gasteiger partial charge < -0.3 is 29.0 Å². The highest BCUT2D eigenvalue weighted by Gasteiger charge is 2.51. The van der Waals surface area contributed by atoms with Crippen LogP contribution in [0, 0.1) is 0 Å². The Morgan fingerprint density at radius 3 is 2.06 bits per heavy atom. The van der Waals surface area contributed by atoms with Gasteiger partial charge in [0.15, 0.2) is 0 Å². The Hall–Kier alpha value is -2.65. The summed E-state index contributed by atoms with van der Waals surface area (Å²) in [6, 6.07) is 10.7. The normalized spacial score (nSPS) is 16.5. The molecule has 1 saturated heterocycles. The summed E-state index contributed by atoms with van der Waals surface area (Å²) in [6.45, 7) is 11.1. The van der Waals surface area contributed by atoms with E-state index in [0.717, 1.165) is 11.0 Å². The first-order valence-corrected chi connectivity index (χ1v) is 10.8. The Kier molecular flexibility index (Phi) is 7.64. The van der Waals surface area contributed by atoms with Crippen LogP contribution >= 0.6 is 0 Å². The molecule has 3 rings (SSSR count). The van der Waals surface area contributed by atoms with Crippen molar-refractivity contribution >= 4 is 18.6 Å². The summed E-state index contributed by atoms with van der Waals surface area (Å²) < 4.78 is 23.1. The molecule has 0 radical (unpaired) electrons. The number of carbonyl (C=O) groups excluding carboxylic acids is 1. The number of ether oxygens (including phenoxy) is 2. The van der Waals surface area contributed by atoms with Crippen molar-refractivity contribution in [2.75, 3.05) is 6.61 Å². The monoisotopic (exact) mass is 454 g/mol. The van der Waals surface area contributed by atoms with E-state index in [1.54, 1.807) is 0 Å². The van der Waals surface area contributed by atoms with E-state index in [9.17, 15) is 15.0 Å². The predicted molar refractivity (Wildman–Crippen MR) is 125 cm³/mol. The second kappa shape index (κ2) is 10.1. The first kappa shape index (κ1) is 25.0. The van der Waals surface area contributed by atoms with Gasteiger partial charge in [-0.25, -0.2) is 4.79 Å². The average Bonchev–Trinajstić information content (AvgIpc) is 3.02. The summed E-state index contributed by atoms with van der Waals surface area (Å²) in [5, 5.41) is 19.6. The van der Waals surface area contributed by atoms with Crippen LogP contribution in [0.4, 0.5) is 0 Å². The summed E-state index contributed by atoms with van der Waals surface area (Å²) >= 11 is 0. The third kappa shape index (κ3) is 5.47. The fourth-order valence-electron chi connectivity index (χ4n) is 3.42. The summed E-state index contributed by atoms with van der Waals surface area (Å²) in [5.41, 5.74) is 1.98. The molecule has 0 atom stereocenters. The van der Waals surface area contributed by atoms with Gasteiger partial charge >= 0.3 is 13.1 Å². The van der Waals surface area contributed by atoms with Crippen molar-refractivity contribution < 1.29 is 33.8 Å². The first-order chi connectivity index (χ1) is 15.6. The van der Waals surface area contributed by atoms with E-state index in [-0.39, 0.29) is 32.0 Å². The molecule has 33 heavy (non-hydrogen) atoms. The molecular weight excluding hydrogens is 423 g/mol. The molecular formula is C25H31BO7. The van der Waals surface area contributed by atoms with E-state index in [2.05, 4.69) is 6.58 Å². The molecule has 176 valence electrons. The molecule has 1 aliphatic heterocycles. The molecule has 1 heterocycles. The van der Waals surface area contributed by atoms with Crippen molar-refractivity contribution in [3.8, 4) is 5.75 Å². The minimum Gasteiger partial charge on any atom is -0.488 e. The first-order valence-electron chi connectivity index (χ1n) is 10.8. The standard InChI is InChI=1S/C25H31BO7/c1-6-11-30-23(29)18-12-19(14-27)22(20(13-18)15-28)31-16-17-7-9-21(10-8-17)26-32-24(2,3)25(4,5)33-26/h6-10,12-13,27-28H,1,11,14-16H2,2-5H3. The highest BCUT2D eigenvalue weighted by atomic mass is 16.7. The Morgan fingerprint density at radius 1 is 1.03 bits per heavy atom. The van der Waals surface area contributed by atoms with Gasteiger partial charge in [0, 0.05) is 11.1 Å². The minimum atomic E-state index is -0.566. The molecule has 0 bridgehead atoms. The predicted octanol–water partition coefficient (Wildman–Crippen LogP) is 2.89. The highest BCUT2D eigenvalue weighted by Crippen LogP contribution is 2.36. The molecule has 2 N–H and O–H groups in total. The van der Waals surface area contributed by atoms with Gasteiger partial charge in [0.1, 0.15) is 19.0 Å². The molecule has 8 heteroatoms. The molecule has 2 aromatic rings. The van der Waals surface area contributed by atoms with E-state index in [1.165, 1.54) is 18.2 Å². The average molecular weight is 454 g/mol. The van der Waals surface area contributed by atoms with E-state index >= 15 is 0 Å². The molecule has 0 saturated carbocycles. The number of aliphatic hydroxyl groups excluding tert-OH is 2. The number of aliphatic hydroxyl groups is 2. The smallest absolute Gasteiger partial charge is 0.488 e. The van der Waals surface area contributed by atoms with Gasteiger partial charge in [-0.3, -0.25) is 0 Å². The number of hydrogen-bond donors (Lipinski definition) is 2. The zero-order valence-electron chi connectivity index (χ0n) is 19.6. The number of rotatable bonds is 9. The maximum absolute atomic E-state index is 12.2. The van der Waals surface area contributed by atoms with Crippen molar-refractivity contribution in [1.82, 2.24) is 0 Å². The van der Waals surface area contributed by atoms with Gasteiger partial charge in [-0.2, -0.15) is 0 Å². The minimum absolute atomic E-state index is 0.0714. The summed E-state index contributed by atoms with van der Waals surface area (Å²) in [6.07, 6.45) is 1.47. The van der Waals surface area contributed by atoms with Crippen molar-refractivity contribution in [1.29, 1.82) is 0 Å². The van der Waals surface area contributed by atoms with E-state index in [0.29, 0.717) is 16.9 Å². The SMILES string of the molecule is C=CCOC(=O)c1cc(CO)c(OCc2ccc(B3OC(C)(C)C(C)(C)O3)cc2)c(CO)c1. The van der Waals surface area contributed by atoms with Crippen LogP contribution in [0.2, 0.25) is 0 Å². The largest absolute Gasteiger partial charge is 0.494 e. The maximum Gasteiger partial charge on any atom is 0.494 e. The second-order valence-corrected chi connectivity index (χ2v) is 8.95. The van der Waals surface area contributed by atoms with Gasteiger partial charge in [0.25, 0.3) is 0 Å². The quantitative estimate of drug-likeness (QED) is 0.342. The Balaban J connectivity index is 1.73. The number of esters is 1. The summed E-state index contributed by atoms with van der Waals surface area (Å²) in [7, 11) is -0.444. The zero-order chi connectivity index (χ0) is 24.2. The lowest BCUT2D eigenvalue weighted by Crippen LogP contribution is -2.41. The van der Waals surface area contributed by atoms with Gasteiger partial charge in [0.2, 0.25) is 0 Å². The molecule has 0 spiro atoms. The van der Waals surface area contributed by atoms with Crippen LogP contribution in [-0.4, -0.2) is 41.1 Å². The molecule has 0 aliphatic carbocycles. The zero-order valence-corrected chi connectivity index (χ0v) is 19.6. The number of hydrogen-bond acceptors (Lipinski definition) is 7. The lowest BCUT2D eigenvalue weighted by atomic mass is 9.79. The number of benzene rings is 2. The van der Waals surface area contributed by atoms with Crippen LogP contribution in [0.25, 0.3) is 0 Å². The van der Waals surface area contributed by atoms with Crippen LogP contribution in [0.15, 0.2) is 49.1 Å². The number of carbonyl (C=O) groups is 1. The molecule has 0 amide bonds. The van der Waals surface area contributed by atoms with Crippen molar-refractivity contribution in [3.05, 3.63) is 71.3 Å². The third-order valence-corrected chi connectivity index (χ3v) is 6.04. The Labute approximate surface area is 195 Å². The van der Waals surface area contributed by atoms with E-state index in [4.69, 9.17) is 18.8 Å². The van der Waals surface area contributed by atoms with Crippen LogP contribution in [-0.2, 0) is 33.9 Å². The molecule has 0 unspecified atom stereocenters. The third-order valence-electron chi connectivity index (χ3n) is 6.04. The lowest BCUT2D eigenvalue weighted by Gasteiger charge is -2.32. The fourth-order valence-corrected chi connectivity index (χ4v) is 3.42. The topological polar surface area (TPSA) is 94.5 Å². The molecule has 1 fully saturated rings. The summed E-state index contributed by atoms with van der Waals surface area (Å²) in [5.74, 6) is -0.223. The van der Waals surface area contributed by atoms with E-state index in [1.807, 2.05) is 52.0 Å². The lowest BCUT2D eigenvalue weighted by molar-refractivity contribution is 0.00578. The van der Waals surface area contributed by atoms with Gasteiger partial charge in [-0.1, -0.05) is 36.9 Å². The van der Waals surface area contributed by atoms with Crippen LogP contribution in [0.1, 0.15) is 54.7 Å². The van der Waals surface area contributed by atoms with Crippen LogP contribution in [0.3, 0.4) is 0 Å². The fraction of sp³-hybridized carbons (Fsp3) is 0.400.